The first kappa shape index (κ1) is 20.9. The molecular formula is C31H25FO2. The molecule has 0 aliphatic heterocycles. The smallest absolute Gasteiger partial charge is 0.132 e. The number of hydrogen-bond donors (Lipinski definition) is 0. The zero-order valence-electron chi connectivity index (χ0n) is 18.8. The van der Waals surface area contributed by atoms with Crippen LogP contribution >= 0.6 is 0 Å². The van der Waals surface area contributed by atoms with E-state index >= 15 is 0 Å². The summed E-state index contributed by atoms with van der Waals surface area (Å²) < 4.78 is 26.6. The topological polar surface area (TPSA) is 18.5 Å². The van der Waals surface area contributed by atoms with Gasteiger partial charge in [0.1, 0.15) is 17.3 Å². The maximum Gasteiger partial charge on any atom is 0.132 e. The molecule has 6 rings (SSSR count). The minimum absolute atomic E-state index is 0.0880. The van der Waals surface area contributed by atoms with E-state index in [0.29, 0.717) is 17.1 Å². The summed E-state index contributed by atoms with van der Waals surface area (Å²) in [5.74, 6) is 0.869. The molecule has 168 valence electrons. The minimum atomic E-state index is -0.303. The van der Waals surface area contributed by atoms with E-state index < -0.39 is 0 Å². The lowest BCUT2D eigenvalue weighted by Gasteiger charge is -2.26. The minimum Gasteiger partial charge on any atom is -0.457 e. The highest BCUT2D eigenvalue weighted by Gasteiger charge is 2.22. The second-order valence-electron chi connectivity index (χ2n) is 8.93. The molecular weight excluding hydrogens is 423 g/mol. The molecule has 0 saturated carbocycles. The van der Waals surface area contributed by atoms with Crippen LogP contribution in [0.15, 0.2) is 97.1 Å². The van der Waals surface area contributed by atoms with E-state index in [1.807, 2.05) is 30.3 Å². The number of hydrogen-bond acceptors (Lipinski definition) is 2. The highest BCUT2D eigenvalue weighted by molar-refractivity contribution is 6.08. The van der Waals surface area contributed by atoms with E-state index in [-0.39, 0.29) is 18.5 Å². The molecule has 1 aliphatic rings. The van der Waals surface area contributed by atoms with Crippen molar-refractivity contribution in [2.45, 2.75) is 32.0 Å². The molecule has 1 atom stereocenters. The van der Waals surface area contributed by atoms with Crippen molar-refractivity contribution in [1.82, 2.24) is 0 Å². The fourth-order valence-corrected chi connectivity index (χ4v) is 5.02. The SMILES string of the molecule is Fc1cc(Oc2ccccc2)ccc1COC1CCc2c(ccc3c2ccc2ccccc23)C1. The summed E-state index contributed by atoms with van der Waals surface area (Å²) in [4.78, 5) is 0. The summed E-state index contributed by atoms with van der Waals surface area (Å²) in [6.45, 7) is 0.260. The zero-order valence-corrected chi connectivity index (χ0v) is 18.8. The Morgan fingerprint density at radius 2 is 1.56 bits per heavy atom. The second kappa shape index (κ2) is 8.92. The van der Waals surface area contributed by atoms with Crippen LogP contribution in [-0.4, -0.2) is 6.10 Å². The molecule has 2 nitrogen and oxygen atoms in total. The first-order valence-corrected chi connectivity index (χ1v) is 11.8. The van der Waals surface area contributed by atoms with Gasteiger partial charge in [-0.15, -0.1) is 0 Å². The number of fused-ring (bicyclic) bond motifs is 5. The molecule has 0 fully saturated rings. The summed E-state index contributed by atoms with van der Waals surface area (Å²) in [5, 5.41) is 5.23. The largest absolute Gasteiger partial charge is 0.457 e. The Kier molecular flexibility index (Phi) is 5.48. The normalized spacial score (nSPS) is 15.4. The molecule has 0 heterocycles. The number of halogens is 1. The Morgan fingerprint density at radius 3 is 2.44 bits per heavy atom. The second-order valence-corrected chi connectivity index (χ2v) is 8.93. The highest BCUT2D eigenvalue weighted by atomic mass is 19.1. The van der Waals surface area contributed by atoms with Gasteiger partial charge in [0, 0.05) is 11.6 Å². The third-order valence-electron chi connectivity index (χ3n) is 6.78. The third-order valence-corrected chi connectivity index (χ3v) is 6.78. The maximum atomic E-state index is 14.7. The molecule has 0 amide bonds. The lowest BCUT2D eigenvalue weighted by atomic mass is 9.85. The van der Waals surface area contributed by atoms with Gasteiger partial charge in [-0.05, 0) is 70.1 Å². The van der Waals surface area contributed by atoms with Crippen LogP contribution in [0, 0.1) is 5.82 Å². The molecule has 0 radical (unpaired) electrons. The Hall–Kier alpha value is -3.69. The number of para-hydroxylation sites is 1. The van der Waals surface area contributed by atoms with E-state index in [4.69, 9.17) is 9.47 Å². The summed E-state index contributed by atoms with van der Waals surface area (Å²) in [6, 6.07) is 31.9. The average molecular weight is 449 g/mol. The molecule has 3 heteroatoms. The number of aryl methyl sites for hydroxylation is 1. The Morgan fingerprint density at radius 1 is 0.735 bits per heavy atom. The monoisotopic (exact) mass is 448 g/mol. The molecule has 1 aliphatic carbocycles. The van der Waals surface area contributed by atoms with Crippen molar-refractivity contribution in [1.29, 1.82) is 0 Å². The summed E-state index contributed by atoms with van der Waals surface area (Å²) in [6.07, 6.45) is 2.86. The zero-order chi connectivity index (χ0) is 22.9. The van der Waals surface area contributed by atoms with E-state index in [1.54, 1.807) is 12.1 Å². The van der Waals surface area contributed by atoms with Crippen LogP contribution in [0.5, 0.6) is 11.5 Å². The van der Waals surface area contributed by atoms with Gasteiger partial charge in [0.2, 0.25) is 0 Å². The van der Waals surface area contributed by atoms with Gasteiger partial charge < -0.3 is 9.47 Å². The van der Waals surface area contributed by atoms with Crippen LogP contribution in [0.2, 0.25) is 0 Å². The van der Waals surface area contributed by atoms with Crippen molar-refractivity contribution in [3.05, 3.63) is 120 Å². The van der Waals surface area contributed by atoms with Crippen molar-refractivity contribution in [3.63, 3.8) is 0 Å². The van der Waals surface area contributed by atoms with Crippen LogP contribution in [-0.2, 0) is 24.2 Å². The molecule has 0 bridgehead atoms. The average Bonchev–Trinajstić information content (AvgIpc) is 2.88. The van der Waals surface area contributed by atoms with E-state index in [0.717, 1.165) is 19.3 Å². The number of rotatable bonds is 5. The van der Waals surface area contributed by atoms with Crippen molar-refractivity contribution >= 4 is 21.5 Å². The summed E-state index contributed by atoms with van der Waals surface area (Å²) in [7, 11) is 0. The van der Waals surface area contributed by atoms with E-state index in [1.165, 1.54) is 38.7 Å². The molecule has 0 spiro atoms. The van der Waals surface area contributed by atoms with Gasteiger partial charge in [0.25, 0.3) is 0 Å². The Labute approximate surface area is 198 Å². The van der Waals surface area contributed by atoms with Crippen molar-refractivity contribution in [2.75, 3.05) is 0 Å². The van der Waals surface area contributed by atoms with Gasteiger partial charge in [-0.1, -0.05) is 72.8 Å². The first-order valence-electron chi connectivity index (χ1n) is 11.8. The first-order chi connectivity index (χ1) is 16.7. The molecule has 34 heavy (non-hydrogen) atoms. The quantitative estimate of drug-likeness (QED) is 0.254. The van der Waals surface area contributed by atoms with Gasteiger partial charge >= 0.3 is 0 Å². The molecule has 0 aromatic heterocycles. The lowest BCUT2D eigenvalue weighted by molar-refractivity contribution is 0.0306. The van der Waals surface area contributed by atoms with Crippen LogP contribution in [0.1, 0.15) is 23.1 Å². The molecule has 5 aromatic carbocycles. The number of ether oxygens (including phenoxy) is 2. The van der Waals surface area contributed by atoms with E-state index in [2.05, 4.69) is 48.5 Å². The van der Waals surface area contributed by atoms with Gasteiger partial charge in [-0.25, -0.2) is 4.39 Å². The molecule has 0 saturated heterocycles. The predicted octanol–water partition coefficient (Wildman–Crippen LogP) is 8.00. The van der Waals surface area contributed by atoms with Gasteiger partial charge in [-0.2, -0.15) is 0 Å². The standard InChI is InChI=1S/C31H25FO2/c32-31-19-26(34-24-7-2-1-3-8-24)13-10-23(31)20-33-25-14-17-28-22(18-25)12-16-29-27-9-5-4-6-21(27)11-15-30(28)29/h1-13,15-16,19,25H,14,17-18,20H2. The highest BCUT2D eigenvalue weighted by Crippen LogP contribution is 2.34. The Bertz CT molecular complexity index is 1480. The molecule has 0 N–H and O–H groups in total. The maximum absolute atomic E-state index is 14.7. The van der Waals surface area contributed by atoms with Crippen molar-refractivity contribution in [3.8, 4) is 11.5 Å². The predicted molar refractivity (Wildman–Crippen MR) is 135 cm³/mol. The van der Waals surface area contributed by atoms with Gasteiger partial charge in [-0.3, -0.25) is 0 Å². The third kappa shape index (κ3) is 4.04. The van der Waals surface area contributed by atoms with Crippen molar-refractivity contribution < 1.29 is 13.9 Å². The molecule has 1 unspecified atom stereocenters. The fourth-order valence-electron chi connectivity index (χ4n) is 5.02. The van der Waals surface area contributed by atoms with Crippen LogP contribution in [0.25, 0.3) is 21.5 Å². The van der Waals surface area contributed by atoms with Crippen LogP contribution < -0.4 is 4.74 Å². The van der Waals surface area contributed by atoms with E-state index in [9.17, 15) is 4.39 Å². The van der Waals surface area contributed by atoms with Crippen LogP contribution in [0.4, 0.5) is 4.39 Å². The Balaban J connectivity index is 1.15. The summed E-state index contributed by atoms with van der Waals surface area (Å²) in [5.41, 5.74) is 3.32. The number of benzene rings is 5. The molecule has 5 aromatic rings. The lowest BCUT2D eigenvalue weighted by Crippen LogP contribution is -2.22. The van der Waals surface area contributed by atoms with Gasteiger partial charge in [0.15, 0.2) is 0 Å². The van der Waals surface area contributed by atoms with Gasteiger partial charge in [0.05, 0.1) is 12.7 Å². The fraction of sp³-hybridized carbons (Fsp3) is 0.161. The van der Waals surface area contributed by atoms with Crippen LogP contribution in [0.3, 0.4) is 0 Å². The van der Waals surface area contributed by atoms with Crippen molar-refractivity contribution in [2.24, 2.45) is 0 Å². The summed E-state index contributed by atoms with van der Waals surface area (Å²) >= 11 is 0.